The molecule has 0 radical (unpaired) electrons. The lowest BCUT2D eigenvalue weighted by Crippen LogP contribution is -2.17. The van der Waals surface area contributed by atoms with E-state index in [0.29, 0.717) is 36.0 Å². The van der Waals surface area contributed by atoms with Gasteiger partial charge in [-0.15, -0.1) is 0 Å². The number of ether oxygens (including phenoxy) is 3. The number of hydrogen-bond acceptors (Lipinski definition) is 4. The fourth-order valence-electron chi connectivity index (χ4n) is 2.62. The summed E-state index contributed by atoms with van der Waals surface area (Å²) in [6, 6.07) is 1.83. The van der Waals surface area contributed by atoms with E-state index in [9.17, 15) is 4.79 Å². The van der Waals surface area contributed by atoms with E-state index in [2.05, 4.69) is 0 Å². The van der Waals surface area contributed by atoms with Gasteiger partial charge in [0.05, 0.1) is 20.8 Å². The van der Waals surface area contributed by atoms with Gasteiger partial charge >= 0.3 is 0 Å². The van der Waals surface area contributed by atoms with E-state index < -0.39 is 0 Å². The molecule has 0 bridgehead atoms. The molecule has 0 saturated heterocycles. The molecule has 1 aliphatic carbocycles. The van der Waals surface area contributed by atoms with Gasteiger partial charge in [-0.2, -0.15) is 0 Å². The second kappa shape index (κ2) is 4.76. The number of rotatable bonds is 4. The van der Waals surface area contributed by atoms with Crippen molar-refractivity contribution in [1.82, 2.24) is 0 Å². The first-order chi connectivity index (χ1) is 9.24. The molecule has 1 fully saturated rings. The molecule has 19 heavy (non-hydrogen) atoms. The predicted octanol–water partition coefficient (Wildman–Crippen LogP) is 2.62. The number of benzene rings is 1. The Labute approximate surface area is 112 Å². The average Bonchev–Trinajstić information content (AvgIpc) is 3.22. The lowest BCUT2D eigenvalue weighted by atomic mass is 9.96. The minimum absolute atomic E-state index is 0.0952. The van der Waals surface area contributed by atoms with Crippen LogP contribution in [0.15, 0.2) is 6.07 Å². The molecule has 1 saturated carbocycles. The lowest BCUT2D eigenvalue weighted by molar-refractivity contribution is 0.0928. The van der Waals surface area contributed by atoms with Gasteiger partial charge in [0.2, 0.25) is 0 Å². The van der Waals surface area contributed by atoms with E-state index in [1.165, 1.54) is 12.8 Å². The highest BCUT2D eigenvalue weighted by molar-refractivity contribution is 6.03. The van der Waals surface area contributed by atoms with Crippen molar-refractivity contribution in [3.8, 4) is 17.2 Å². The van der Waals surface area contributed by atoms with Crippen LogP contribution in [0.1, 0.15) is 35.2 Å². The van der Waals surface area contributed by atoms with Crippen LogP contribution in [-0.2, 0) is 6.42 Å². The summed E-state index contributed by atoms with van der Waals surface area (Å²) in [6.45, 7) is 0.431. The molecule has 2 aliphatic rings. The number of fused-ring (bicyclic) bond motifs is 1. The van der Waals surface area contributed by atoms with E-state index in [1.807, 2.05) is 6.07 Å². The normalized spacial score (nSPS) is 17.7. The van der Waals surface area contributed by atoms with Gasteiger partial charge in [0.1, 0.15) is 22.8 Å². The molecule has 0 unspecified atom stereocenters. The van der Waals surface area contributed by atoms with E-state index in [4.69, 9.17) is 14.2 Å². The molecule has 0 amide bonds. The third kappa shape index (κ3) is 2.15. The molecule has 0 aromatic heterocycles. The first-order valence-corrected chi connectivity index (χ1v) is 6.68. The molecule has 1 aromatic rings. The van der Waals surface area contributed by atoms with Gasteiger partial charge in [0.15, 0.2) is 5.78 Å². The van der Waals surface area contributed by atoms with Crippen LogP contribution in [-0.4, -0.2) is 26.6 Å². The summed E-state index contributed by atoms with van der Waals surface area (Å²) in [5, 5.41) is 0. The Bertz CT molecular complexity index is 517. The summed E-state index contributed by atoms with van der Waals surface area (Å²) in [5.41, 5.74) is 1.59. The van der Waals surface area contributed by atoms with Crippen LogP contribution in [0.25, 0.3) is 0 Å². The average molecular weight is 262 g/mol. The second-order valence-corrected chi connectivity index (χ2v) is 5.13. The number of methoxy groups -OCH3 is 2. The van der Waals surface area contributed by atoms with E-state index >= 15 is 0 Å². The molecule has 4 nitrogen and oxygen atoms in total. The van der Waals surface area contributed by atoms with Crippen LogP contribution < -0.4 is 14.2 Å². The first-order valence-electron chi connectivity index (χ1n) is 6.68. The van der Waals surface area contributed by atoms with Gasteiger partial charge in [0, 0.05) is 18.1 Å². The maximum absolute atomic E-state index is 12.1. The van der Waals surface area contributed by atoms with Crippen LogP contribution in [0.2, 0.25) is 0 Å². The van der Waals surface area contributed by atoms with Crippen molar-refractivity contribution in [3.63, 3.8) is 0 Å². The third-order valence-electron chi connectivity index (χ3n) is 3.79. The quantitative estimate of drug-likeness (QED) is 0.836. The molecule has 3 rings (SSSR count). The van der Waals surface area contributed by atoms with Crippen molar-refractivity contribution in [3.05, 3.63) is 17.2 Å². The Hall–Kier alpha value is -1.71. The van der Waals surface area contributed by atoms with Gasteiger partial charge in [-0.05, 0) is 25.2 Å². The van der Waals surface area contributed by atoms with Crippen LogP contribution in [0.3, 0.4) is 0 Å². The monoisotopic (exact) mass is 262 g/mol. The minimum Gasteiger partial charge on any atom is -0.496 e. The van der Waals surface area contributed by atoms with Crippen molar-refractivity contribution in [2.24, 2.45) is 5.92 Å². The van der Waals surface area contributed by atoms with Crippen LogP contribution >= 0.6 is 0 Å². The number of Topliss-reactive ketones (excluding diaryl/α,β-unsaturated/α-hetero) is 1. The minimum atomic E-state index is 0.0952. The summed E-state index contributed by atoms with van der Waals surface area (Å²) in [4.78, 5) is 12.1. The smallest absolute Gasteiger partial charge is 0.173 e. The van der Waals surface area contributed by atoms with Gasteiger partial charge in [0.25, 0.3) is 0 Å². The fourth-order valence-corrected chi connectivity index (χ4v) is 2.62. The van der Waals surface area contributed by atoms with Crippen molar-refractivity contribution in [2.45, 2.75) is 25.7 Å². The van der Waals surface area contributed by atoms with Gasteiger partial charge < -0.3 is 14.2 Å². The maximum Gasteiger partial charge on any atom is 0.173 e. The van der Waals surface area contributed by atoms with Crippen molar-refractivity contribution >= 4 is 5.78 Å². The number of carbonyl (C=O) groups excluding carboxylic acids is 1. The Balaban J connectivity index is 2.14. The molecule has 1 aliphatic heterocycles. The largest absolute Gasteiger partial charge is 0.496 e. The molecule has 4 heteroatoms. The Kier molecular flexibility index (Phi) is 3.09. The highest BCUT2D eigenvalue weighted by Crippen LogP contribution is 2.45. The van der Waals surface area contributed by atoms with E-state index in [0.717, 1.165) is 17.7 Å². The number of carbonyl (C=O) groups is 1. The Morgan fingerprint density at radius 2 is 2.11 bits per heavy atom. The topological polar surface area (TPSA) is 44.8 Å². The maximum atomic E-state index is 12.1. The summed E-state index contributed by atoms with van der Waals surface area (Å²) < 4.78 is 16.5. The van der Waals surface area contributed by atoms with Crippen LogP contribution in [0.5, 0.6) is 17.2 Å². The molecule has 0 N–H and O–H groups in total. The zero-order valence-corrected chi connectivity index (χ0v) is 11.3. The summed E-state index contributed by atoms with van der Waals surface area (Å²) in [7, 11) is 3.25. The lowest BCUT2D eigenvalue weighted by Gasteiger charge is -2.23. The van der Waals surface area contributed by atoms with E-state index in [-0.39, 0.29) is 5.78 Å². The molecule has 0 atom stereocenters. The molecular weight excluding hydrogens is 244 g/mol. The standard InChI is InChI=1S/C15H18O4/c1-17-12-8-13-14(11(16)5-6-19-13)15(18-2)10(12)7-9-3-4-9/h8-9H,3-7H2,1-2H3. The number of hydrogen-bond donors (Lipinski definition) is 0. The van der Waals surface area contributed by atoms with Gasteiger partial charge in [-0.3, -0.25) is 4.79 Å². The SMILES string of the molecule is COc1cc2c(c(OC)c1CC1CC1)C(=O)CCO2. The van der Waals surface area contributed by atoms with Crippen molar-refractivity contribution < 1.29 is 19.0 Å². The van der Waals surface area contributed by atoms with Crippen LogP contribution in [0.4, 0.5) is 0 Å². The molecular formula is C15H18O4. The summed E-state index contributed by atoms with van der Waals surface area (Å²) in [5.74, 6) is 2.78. The molecule has 0 spiro atoms. The predicted molar refractivity (Wildman–Crippen MR) is 70.4 cm³/mol. The zero-order valence-electron chi connectivity index (χ0n) is 11.3. The Morgan fingerprint density at radius 3 is 2.74 bits per heavy atom. The molecule has 102 valence electrons. The van der Waals surface area contributed by atoms with Crippen molar-refractivity contribution in [1.29, 1.82) is 0 Å². The summed E-state index contributed by atoms with van der Waals surface area (Å²) in [6.07, 6.45) is 3.81. The van der Waals surface area contributed by atoms with Crippen molar-refractivity contribution in [2.75, 3.05) is 20.8 Å². The Morgan fingerprint density at radius 1 is 1.32 bits per heavy atom. The third-order valence-corrected chi connectivity index (χ3v) is 3.79. The van der Waals surface area contributed by atoms with Gasteiger partial charge in [-0.1, -0.05) is 0 Å². The number of ketones is 1. The van der Waals surface area contributed by atoms with E-state index in [1.54, 1.807) is 14.2 Å². The fraction of sp³-hybridized carbons (Fsp3) is 0.533. The molecule has 1 heterocycles. The molecule has 1 aromatic carbocycles. The second-order valence-electron chi connectivity index (χ2n) is 5.13. The van der Waals surface area contributed by atoms with Gasteiger partial charge in [-0.25, -0.2) is 0 Å². The zero-order chi connectivity index (χ0) is 13.4. The highest BCUT2D eigenvalue weighted by Gasteiger charge is 2.31. The first kappa shape index (κ1) is 12.3. The van der Waals surface area contributed by atoms with Crippen LogP contribution in [0, 0.1) is 5.92 Å². The highest BCUT2D eigenvalue weighted by atomic mass is 16.5. The summed E-state index contributed by atoms with van der Waals surface area (Å²) >= 11 is 0.